The van der Waals surface area contributed by atoms with Crippen LogP contribution in [0.3, 0.4) is 0 Å². The Balaban J connectivity index is 0.000000237. The maximum Gasteiger partial charge on any atom is 3.00 e. The molecule has 4 N–H and O–H groups in total. The van der Waals surface area contributed by atoms with Crippen molar-refractivity contribution < 1.29 is 57.9 Å². The molecule has 2 aromatic heterocycles. The third kappa shape index (κ3) is 5.34. The zero-order valence-electron chi connectivity index (χ0n) is 20.3. The summed E-state index contributed by atoms with van der Waals surface area (Å²) in [5.74, 6) is -3.15. The Hall–Kier alpha value is -4.83. The van der Waals surface area contributed by atoms with Crippen molar-refractivity contribution in [2.75, 3.05) is 0 Å². The van der Waals surface area contributed by atoms with Crippen LogP contribution in [0.25, 0.3) is 32.7 Å². The number of nitrogens with zero attached hydrogens (tertiary/aromatic N) is 2. The van der Waals surface area contributed by atoms with Gasteiger partial charge in [-0.2, -0.15) is 12.1 Å². The number of aromatic nitrogens is 2. The SMILES string of the molecule is C[C@H](NC(=O)[c-]1cccc1)C(=O)O.O=C1NC(=O)c2c1c1cc(F)cnc1c1[n-]c3ccc(O)cc3c21.[C-]#[O+].[Ru+3]. The van der Waals surface area contributed by atoms with E-state index < -0.39 is 29.6 Å². The van der Waals surface area contributed by atoms with Gasteiger partial charge in [-0.1, -0.05) is 11.6 Å². The molecular formula is C27H17FN4O7Ru+. The van der Waals surface area contributed by atoms with Gasteiger partial charge in [-0.25, -0.2) is 16.5 Å². The summed E-state index contributed by atoms with van der Waals surface area (Å²) in [7, 11) is 0. The average molecular weight is 630 g/mol. The number of phenols is 1. The molecule has 0 saturated heterocycles. The molecule has 0 bridgehead atoms. The molecule has 1 radical (unpaired) electrons. The van der Waals surface area contributed by atoms with Crippen molar-refractivity contribution in [3.63, 3.8) is 0 Å². The minimum Gasteiger partial charge on any atom is 3.00 e. The maximum atomic E-state index is 13.7. The molecule has 1 aliphatic rings. The second-order valence-electron chi connectivity index (χ2n) is 8.33. The van der Waals surface area contributed by atoms with Gasteiger partial charge in [0.2, 0.25) is 0 Å². The smallest absolute Gasteiger partial charge is 3.00 e. The number of carboxylic acid groups (broad SMARTS) is 1. The number of pyridine rings is 1. The third-order valence-electron chi connectivity index (χ3n) is 5.89. The summed E-state index contributed by atoms with van der Waals surface area (Å²) in [6, 6.07) is 11.6. The van der Waals surface area contributed by atoms with E-state index in [9.17, 15) is 28.7 Å². The number of hydrogen-bond acceptors (Lipinski definition) is 6. The summed E-state index contributed by atoms with van der Waals surface area (Å²) in [6.45, 7) is 5.92. The van der Waals surface area contributed by atoms with Gasteiger partial charge in [-0.3, -0.25) is 29.5 Å². The summed E-state index contributed by atoms with van der Waals surface area (Å²) >= 11 is 0. The molecule has 40 heavy (non-hydrogen) atoms. The fraction of sp³-hybridized carbons (Fsp3) is 0.0741. The van der Waals surface area contributed by atoms with Gasteiger partial charge >= 0.3 is 36.7 Å². The molecular weight excluding hydrogens is 612 g/mol. The molecule has 11 nitrogen and oxygen atoms in total. The van der Waals surface area contributed by atoms with Crippen LogP contribution < -0.4 is 15.6 Å². The van der Waals surface area contributed by atoms with Crippen LogP contribution in [0.1, 0.15) is 38.0 Å². The van der Waals surface area contributed by atoms with Crippen LogP contribution >= 0.6 is 0 Å². The fourth-order valence-corrected chi connectivity index (χ4v) is 4.19. The summed E-state index contributed by atoms with van der Waals surface area (Å²) in [5, 5.41) is 24.1. The molecule has 0 saturated carbocycles. The largest absolute Gasteiger partial charge is 3.00 e. The van der Waals surface area contributed by atoms with Crippen molar-refractivity contribution in [1.29, 1.82) is 0 Å². The van der Waals surface area contributed by atoms with Crippen molar-refractivity contribution in [2.45, 2.75) is 13.0 Å². The zero-order chi connectivity index (χ0) is 28.4. The number of amides is 3. The Morgan fingerprint density at radius 2 is 1.77 bits per heavy atom. The van der Waals surface area contributed by atoms with E-state index in [-0.39, 0.29) is 47.6 Å². The quantitative estimate of drug-likeness (QED) is 0.102. The van der Waals surface area contributed by atoms with Crippen molar-refractivity contribution >= 4 is 56.4 Å². The maximum absolute atomic E-state index is 13.7. The number of imide groups is 1. The van der Waals surface area contributed by atoms with Gasteiger partial charge in [0.05, 0.1) is 22.8 Å². The number of halogens is 1. The van der Waals surface area contributed by atoms with Crippen LogP contribution in [0.15, 0.2) is 54.7 Å². The van der Waals surface area contributed by atoms with E-state index >= 15 is 0 Å². The van der Waals surface area contributed by atoms with Gasteiger partial charge < -0.3 is 20.5 Å². The van der Waals surface area contributed by atoms with Crippen LogP contribution in [-0.2, 0) is 28.9 Å². The van der Waals surface area contributed by atoms with Gasteiger partial charge in [0.1, 0.15) is 17.6 Å². The Morgan fingerprint density at radius 1 is 1.12 bits per heavy atom. The molecule has 5 aromatic rings. The molecule has 0 fully saturated rings. The summed E-state index contributed by atoms with van der Waals surface area (Å²) in [5.41, 5.74) is 2.00. The molecule has 3 aromatic carbocycles. The van der Waals surface area contributed by atoms with Crippen LogP contribution in [-0.4, -0.2) is 44.9 Å². The number of carbonyl (C=O) groups excluding carboxylic acids is 3. The van der Waals surface area contributed by atoms with Gasteiger partial charge in [0.15, 0.2) is 5.91 Å². The van der Waals surface area contributed by atoms with Gasteiger partial charge in [-0.15, -0.1) is 11.0 Å². The molecule has 1 atom stereocenters. The second kappa shape index (κ2) is 11.9. The standard InChI is InChI=1S/C17H8FN3O3.C9H10NO3.CO.Ru/c18-6-3-9-12-13(17(24)21-16(12)23)11-8-4-7(22)1-2-10(8)20-15(11)14(9)19-5-6;1-6(9(12)13)10-8(11)7-4-2-3-5-7;1-2;/h1-5H,(H3,19,20,21,22,23,24);2-6H,1H3,(H,10,11)(H,12,13);;/q;-1;;+3/p-1/t;6-;;/m.0../s1. The van der Waals surface area contributed by atoms with Crippen molar-refractivity contribution in [3.05, 3.63) is 83.9 Å². The number of fused-ring (bicyclic) bond motifs is 8. The number of phenolic OH excluding ortho intramolecular Hbond substituents is 1. The predicted molar refractivity (Wildman–Crippen MR) is 134 cm³/mol. The van der Waals surface area contributed by atoms with E-state index in [1.165, 1.54) is 25.1 Å². The van der Waals surface area contributed by atoms with E-state index in [1.54, 1.807) is 30.3 Å². The molecule has 201 valence electrons. The van der Waals surface area contributed by atoms with Gasteiger partial charge in [0.25, 0.3) is 11.8 Å². The third-order valence-corrected chi connectivity index (χ3v) is 5.89. The van der Waals surface area contributed by atoms with Crippen LogP contribution in [0.2, 0.25) is 0 Å². The van der Waals surface area contributed by atoms with E-state index in [2.05, 4.69) is 27.3 Å². The first-order chi connectivity index (χ1) is 18.7. The van der Waals surface area contributed by atoms with Gasteiger partial charge in [0, 0.05) is 5.39 Å². The Kier molecular flexibility index (Phi) is 8.86. The first-order valence-electron chi connectivity index (χ1n) is 11.2. The van der Waals surface area contributed by atoms with E-state index in [0.717, 1.165) is 6.20 Å². The monoisotopic (exact) mass is 630 g/mol. The fourth-order valence-electron chi connectivity index (χ4n) is 4.19. The average Bonchev–Trinajstić information content (AvgIpc) is 3.63. The van der Waals surface area contributed by atoms with Crippen molar-refractivity contribution in [2.24, 2.45) is 0 Å². The molecule has 3 heterocycles. The Labute approximate surface area is 237 Å². The predicted octanol–water partition coefficient (Wildman–Crippen LogP) is 2.80. The molecule has 0 aliphatic carbocycles. The Bertz CT molecular complexity index is 1810. The van der Waals surface area contributed by atoms with E-state index in [0.29, 0.717) is 32.9 Å². The number of rotatable bonds is 3. The first-order valence-corrected chi connectivity index (χ1v) is 11.2. The van der Waals surface area contributed by atoms with Crippen molar-refractivity contribution in [1.82, 2.24) is 20.6 Å². The number of carboxylic acids is 1. The molecule has 0 unspecified atom stereocenters. The summed E-state index contributed by atoms with van der Waals surface area (Å²) in [6.07, 6.45) is 1.04. The number of aliphatic carboxylic acids is 1. The summed E-state index contributed by atoms with van der Waals surface area (Å²) in [4.78, 5) is 54.7. The van der Waals surface area contributed by atoms with Crippen LogP contribution in [0.5, 0.6) is 5.75 Å². The number of nitrogens with one attached hydrogen (secondary N) is 2. The Morgan fingerprint density at radius 3 is 2.42 bits per heavy atom. The topological polar surface area (TPSA) is 180 Å². The second-order valence-corrected chi connectivity index (χ2v) is 8.33. The minimum absolute atomic E-state index is 0. The van der Waals surface area contributed by atoms with Crippen LogP contribution in [0, 0.1) is 12.5 Å². The normalized spacial score (nSPS) is 12.3. The van der Waals surface area contributed by atoms with Gasteiger partial charge in [-0.05, 0) is 35.9 Å². The van der Waals surface area contributed by atoms with Crippen molar-refractivity contribution in [3.8, 4) is 5.75 Å². The van der Waals surface area contributed by atoms with E-state index in [1.807, 2.05) is 0 Å². The number of aromatic hydroxyl groups is 1. The zero-order valence-corrected chi connectivity index (χ0v) is 22.1. The summed E-state index contributed by atoms with van der Waals surface area (Å²) < 4.78 is 21.2. The molecule has 3 amide bonds. The van der Waals surface area contributed by atoms with Crippen LogP contribution in [0.4, 0.5) is 4.39 Å². The first kappa shape index (κ1) is 29.7. The number of hydrogen-bond donors (Lipinski definition) is 4. The number of carbonyl (C=O) groups is 4. The minimum atomic E-state index is -1.04. The molecule has 1 aliphatic heterocycles. The molecule has 6 rings (SSSR count). The molecule has 13 heteroatoms. The number of benzene rings is 2. The van der Waals surface area contributed by atoms with E-state index in [4.69, 9.17) is 9.76 Å². The molecule has 0 spiro atoms.